The number of halogens is 12. The van der Waals surface area contributed by atoms with Gasteiger partial charge in [0, 0.05) is 0 Å². The number of hydrogen-bond acceptors (Lipinski definition) is 2. The highest BCUT2D eigenvalue weighted by molar-refractivity contribution is 5.37. The molecule has 0 fully saturated rings. The Morgan fingerprint density at radius 3 is 0.667 bits per heavy atom. The van der Waals surface area contributed by atoms with Crippen LogP contribution in [0.3, 0.4) is 0 Å². The summed E-state index contributed by atoms with van der Waals surface area (Å²) in [7, 11) is 0. The number of hydrogen-bond donors (Lipinski definition) is 2. The molecule has 30 heavy (non-hydrogen) atoms. The Labute approximate surface area is 159 Å². The van der Waals surface area contributed by atoms with Crippen LogP contribution in [-0.2, 0) is 24.7 Å². The monoisotopic (exact) mass is 460 g/mol. The lowest BCUT2D eigenvalue weighted by molar-refractivity contribution is -0.144. The fraction of sp³-hybridized carbons (Fsp3) is 0.250. The second-order valence-corrected chi connectivity index (χ2v) is 5.53. The first kappa shape index (κ1) is 25.2. The van der Waals surface area contributed by atoms with Gasteiger partial charge in [0.15, 0.2) is 0 Å². The Hall–Kier alpha value is -2.80. The molecule has 0 aliphatic carbocycles. The number of benzene rings is 2. The van der Waals surface area contributed by atoms with E-state index in [1.54, 1.807) is 0 Å². The average molecular weight is 460 g/mol. The molecule has 0 saturated carbocycles. The van der Waals surface area contributed by atoms with Crippen LogP contribution in [0, 0.1) is 0 Å². The number of rotatable bonds is 0. The van der Waals surface area contributed by atoms with Crippen LogP contribution < -0.4 is 0 Å². The summed E-state index contributed by atoms with van der Waals surface area (Å²) in [6.45, 7) is 0. The van der Waals surface area contributed by atoms with E-state index in [1.807, 2.05) is 0 Å². The van der Waals surface area contributed by atoms with Gasteiger partial charge in [-0.15, -0.1) is 0 Å². The van der Waals surface area contributed by atoms with Crippen LogP contribution in [0.15, 0.2) is 36.4 Å². The third kappa shape index (κ3) is 7.22. The standard InChI is InChI=1S/2C8H4F6O/c2*9-7(10,11)4-1-5(8(12,13)14)3-6(15)2-4/h2*1-3,15H. The van der Waals surface area contributed by atoms with Gasteiger partial charge in [-0.1, -0.05) is 0 Å². The third-order valence-corrected chi connectivity index (χ3v) is 3.14. The highest BCUT2D eigenvalue weighted by Crippen LogP contribution is 2.38. The summed E-state index contributed by atoms with van der Waals surface area (Å²) in [6, 6.07) is 0.814. The molecule has 0 bridgehead atoms. The maximum absolute atomic E-state index is 12.1. The predicted octanol–water partition coefficient (Wildman–Crippen LogP) is 6.86. The molecule has 14 heteroatoms. The van der Waals surface area contributed by atoms with Crippen molar-refractivity contribution in [3.8, 4) is 11.5 Å². The summed E-state index contributed by atoms with van der Waals surface area (Å²) in [4.78, 5) is 0. The number of aromatic hydroxyl groups is 2. The van der Waals surface area contributed by atoms with E-state index in [2.05, 4.69) is 0 Å². The molecule has 0 aromatic heterocycles. The molecule has 0 radical (unpaired) electrons. The van der Waals surface area contributed by atoms with E-state index in [1.165, 1.54) is 0 Å². The Morgan fingerprint density at radius 2 is 0.533 bits per heavy atom. The molecule has 2 aromatic carbocycles. The van der Waals surface area contributed by atoms with Crippen molar-refractivity contribution in [2.45, 2.75) is 24.7 Å². The lowest BCUT2D eigenvalue weighted by Gasteiger charge is -2.11. The first-order valence-electron chi connectivity index (χ1n) is 7.18. The third-order valence-electron chi connectivity index (χ3n) is 3.14. The maximum Gasteiger partial charge on any atom is 0.416 e. The van der Waals surface area contributed by atoms with Gasteiger partial charge < -0.3 is 10.2 Å². The Kier molecular flexibility index (Phi) is 6.85. The highest BCUT2D eigenvalue weighted by Gasteiger charge is 2.38. The molecule has 168 valence electrons. The van der Waals surface area contributed by atoms with Gasteiger partial charge >= 0.3 is 24.7 Å². The SMILES string of the molecule is Oc1cc(C(F)(F)F)cc(C(F)(F)F)c1.Oc1cc(C(F)(F)F)cc(C(F)(F)F)c1. The van der Waals surface area contributed by atoms with Crippen LogP contribution in [0.2, 0.25) is 0 Å². The van der Waals surface area contributed by atoms with Gasteiger partial charge in [-0.2, -0.15) is 52.7 Å². The molecule has 0 saturated heterocycles. The fourth-order valence-electron chi connectivity index (χ4n) is 1.88. The van der Waals surface area contributed by atoms with Gasteiger partial charge in [-0.25, -0.2) is 0 Å². The van der Waals surface area contributed by atoms with Crippen molar-refractivity contribution in [1.82, 2.24) is 0 Å². The fourth-order valence-corrected chi connectivity index (χ4v) is 1.88. The van der Waals surface area contributed by atoms with Crippen LogP contribution in [0.1, 0.15) is 22.3 Å². The lowest BCUT2D eigenvalue weighted by Crippen LogP contribution is -2.10. The normalized spacial score (nSPS) is 12.9. The number of phenolic OH excluding ortho intramolecular Hbond substituents is 2. The predicted molar refractivity (Wildman–Crippen MR) is 76.2 cm³/mol. The van der Waals surface area contributed by atoms with Gasteiger partial charge in [0.1, 0.15) is 11.5 Å². The van der Waals surface area contributed by atoms with E-state index in [0.717, 1.165) is 0 Å². The molecular weight excluding hydrogens is 452 g/mol. The van der Waals surface area contributed by atoms with Crippen molar-refractivity contribution in [2.75, 3.05) is 0 Å². The van der Waals surface area contributed by atoms with Crippen LogP contribution in [0.4, 0.5) is 52.7 Å². The van der Waals surface area contributed by atoms with E-state index >= 15 is 0 Å². The molecule has 0 atom stereocenters. The van der Waals surface area contributed by atoms with E-state index in [0.29, 0.717) is 0 Å². The van der Waals surface area contributed by atoms with Crippen molar-refractivity contribution < 1.29 is 62.9 Å². The second kappa shape index (κ2) is 8.14. The van der Waals surface area contributed by atoms with Crippen LogP contribution >= 0.6 is 0 Å². The van der Waals surface area contributed by atoms with E-state index in [4.69, 9.17) is 10.2 Å². The summed E-state index contributed by atoms with van der Waals surface area (Å²) >= 11 is 0. The molecule has 2 N–H and O–H groups in total. The van der Waals surface area contributed by atoms with Crippen LogP contribution in [-0.4, -0.2) is 10.2 Å². The molecule has 0 unspecified atom stereocenters. The van der Waals surface area contributed by atoms with E-state index in [-0.39, 0.29) is 36.4 Å². The van der Waals surface area contributed by atoms with Gasteiger partial charge in [0.2, 0.25) is 0 Å². The van der Waals surface area contributed by atoms with Crippen molar-refractivity contribution >= 4 is 0 Å². The molecular formula is C16H8F12O2. The minimum absolute atomic E-state index is 0.0558. The van der Waals surface area contributed by atoms with Crippen molar-refractivity contribution in [3.05, 3.63) is 58.7 Å². The minimum Gasteiger partial charge on any atom is -0.508 e. The lowest BCUT2D eigenvalue weighted by atomic mass is 10.1. The second-order valence-electron chi connectivity index (χ2n) is 5.53. The first-order valence-corrected chi connectivity index (χ1v) is 7.18. The topological polar surface area (TPSA) is 40.5 Å². The van der Waals surface area contributed by atoms with Gasteiger partial charge in [-0.05, 0) is 36.4 Å². The Bertz CT molecular complexity index is 738. The van der Waals surface area contributed by atoms with Crippen molar-refractivity contribution in [2.24, 2.45) is 0 Å². The summed E-state index contributed by atoms with van der Waals surface area (Å²) < 4.78 is 145. The molecule has 0 aliphatic rings. The van der Waals surface area contributed by atoms with Gasteiger partial charge in [0.25, 0.3) is 0 Å². The zero-order chi connectivity index (χ0) is 23.7. The molecule has 0 spiro atoms. The van der Waals surface area contributed by atoms with E-state index < -0.39 is 58.5 Å². The quantitative estimate of drug-likeness (QED) is 0.422. The molecule has 0 aliphatic heterocycles. The minimum atomic E-state index is -4.92. The number of alkyl halides is 12. The van der Waals surface area contributed by atoms with Gasteiger partial charge in [-0.3, -0.25) is 0 Å². The number of phenols is 2. The maximum atomic E-state index is 12.1. The average Bonchev–Trinajstić information content (AvgIpc) is 2.51. The summed E-state index contributed by atoms with van der Waals surface area (Å²) in [5.41, 5.74) is -6.13. The van der Waals surface area contributed by atoms with Crippen molar-refractivity contribution in [1.29, 1.82) is 0 Å². The van der Waals surface area contributed by atoms with Crippen molar-refractivity contribution in [3.63, 3.8) is 0 Å². The largest absolute Gasteiger partial charge is 0.508 e. The molecule has 2 nitrogen and oxygen atoms in total. The highest BCUT2D eigenvalue weighted by atomic mass is 19.4. The zero-order valence-electron chi connectivity index (χ0n) is 13.9. The summed E-state index contributed by atoms with van der Waals surface area (Å²) in [6.07, 6.45) is -19.7. The smallest absolute Gasteiger partial charge is 0.416 e. The van der Waals surface area contributed by atoms with E-state index in [9.17, 15) is 52.7 Å². The summed E-state index contributed by atoms with van der Waals surface area (Å²) in [5, 5.41) is 17.4. The molecule has 0 heterocycles. The Morgan fingerprint density at radius 1 is 0.367 bits per heavy atom. The van der Waals surface area contributed by atoms with Gasteiger partial charge in [0.05, 0.1) is 22.3 Å². The summed E-state index contributed by atoms with van der Waals surface area (Å²) in [5.74, 6) is -2.14. The molecule has 2 aromatic rings. The first-order chi connectivity index (χ1) is 13.2. The zero-order valence-corrected chi connectivity index (χ0v) is 13.9. The van der Waals surface area contributed by atoms with Crippen LogP contribution in [0.25, 0.3) is 0 Å². The van der Waals surface area contributed by atoms with Crippen LogP contribution in [0.5, 0.6) is 11.5 Å². The molecule has 2 rings (SSSR count). The Balaban J connectivity index is 0.000000300. The molecule has 0 amide bonds.